The maximum absolute atomic E-state index is 13.8. The van der Waals surface area contributed by atoms with E-state index in [4.69, 9.17) is 23.8 Å². The first-order valence-corrected chi connectivity index (χ1v) is 6.99. The highest BCUT2D eigenvalue weighted by Gasteiger charge is 2.17. The number of hydrogen-bond donors (Lipinski definition) is 2. The fourth-order valence-electron chi connectivity index (χ4n) is 2.36. The van der Waals surface area contributed by atoms with Crippen LogP contribution in [0.3, 0.4) is 0 Å². The first-order chi connectivity index (χ1) is 9.60. The normalized spacial score (nSPS) is 17.8. The van der Waals surface area contributed by atoms with Crippen LogP contribution >= 0.6 is 11.6 Å². The maximum atomic E-state index is 13.8. The highest BCUT2D eigenvalue weighted by Crippen LogP contribution is 2.22. The highest BCUT2D eigenvalue weighted by atomic mass is 35.5. The van der Waals surface area contributed by atoms with Crippen LogP contribution in [0.25, 0.3) is 0 Å². The van der Waals surface area contributed by atoms with Gasteiger partial charge < -0.3 is 11.1 Å². The van der Waals surface area contributed by atoms with Gasteiger partial charge in [-0.15, -0.1) is 6.42 Å². The molecule has 5 heteroatoms. The molecular formula is C15H17ClFN3. The van der Waals surface area contributed by atoms with Crippen molar-refractivity contribution in [3.8, 4) is 12.3 Å². The van der Waals surface area contributed by atoms with Crippen molar-refractivity contribution in [2.75, 3.05) is 0 Å². The van der Waals surface area contributed by atoms with Gasteiger partial charge in [-0.25, -0.2) is 4.39 Å². The van der Waals surface area contributed by atoms with Crippen LogP contribution in [0.15, 0.2) is 23.2 Å². The molecule has 1 aromatic rings. The topological polar surface area (TPSA) is 50.4 Å². The minimum atomic E-state index is -0.655. The van der Waals surface area contributed by atoms with Crippen molar-refractivity contribution in [1.82, 2.24) is 5.32 Å². The number of hydrogen-bond acceptors (Lipinski definition) is 1. The van der Waals surface area contributed by atoms with E-state index in [2.05, 4.69) is 16.2 Å². The molecule has 20 heavy (non-hydrogen) atoms. The Morgan fingerprint density at radius 2 is 2.20 bits per heavy atom. The molecule has 0 amide bonds. The number of halogens is 2. The molecule has 106 valence electrons. The summed E-state index contributed by atoms with van der Waals surface area (Å²) < 4.78 is 13.8. The van der Waals surface area contributed by atoms with Gasteiger partial charge in [0, 0.05) is 10.6 Å². The number of nitrogens with zero attached hydrogens (tertiary/aromatic N) is 1. The van der Waals surface area contributed by atoms with Crippen molar-refractivity contribution in [1.29, 1.82) is 0 Å². The minimum absolute atomic E-state index is 0.246. The van der Waals surface area contributed by atoms with Crippen LogP contribution in [0.2, 0.25) is 5.02 Å². The largest absolute Gasteiger partial charge is 0.370 e. The van der Waals surface area contributed by atoms with Gasteiger partial charge in [-0.05, 0) is 25.0 Å². The highest BCUT2D eigenvalue weighted by molar-refractivity contribution is 6.30. The summed E-state index contributed by atoms with van der Waals surface area (Å²) in [5.74, 6) is 2.28. The third kappa shape index (κ3) is 3.64. The third-order valence-corrected chi connectivity index (χ3v) is 3.61. The Morgan fingerprint density at radius 1 is 1.50 bits per heavy atom. The second-order valence-corrected chi connectivity index (χ2v) is 5.30. The number of benzene rings is 1. The molecule has 2 rings (SSSR count). The molecule has 1 saturated carbocycles. The molecule has 3 nitrogen and oxygen atoms in total. The SMILES string of the molecule is C#CC(NC(N)=NC1CCCC1)c1ccc(Cl)cc1F. The summed E-state index contributed by atoms with van der Waals surface area (Å²) in [4.78, 5) is 4.38. The zero-order valence-electron chi connectivity index (χ0n) is 11.1. The van der Waals surface area contributed by atoms with E-state index in [9.17, 15) is 4.39 Å². The van der Waals surface area contributed by atoms with E-state index < -0.39 is 11.9 Å². The van der Waals surface area contributed by atoms with Crippen LogP contribution in [0, 0.1) is 18.2 Å². The van der Waals surface area contributed by atoms with Crippen molar-refractivity contribution in [2.24, 2.45) is 10.7 Å². The first-order valence-electron chi connectivity index (χ1n) is 6.61. The number of rotatable bonds is 3. The number of nitrogens with one attached hydrogen (secondary N) is 1. The van der Waals surface area contributed by atoms with Crippen LogP contribution in [-0.2, 0) is 0 Å². The minimum Gasteiger partial charge on any atom is -0.370 e. The Hall–Kier alpha value is -1.73. The number of aliphatic imine (C=N–C) groups is 1. The van der Waals surface area contributed by atoms with E-state index >= 15 is 0 Å². The monoisotopic (exact) mass is 293 g/mol. The van der Waals surface area contributed by atoms with Crippen molar-refractivity contribution in [2.45, 2.75) is 37.8 Å². The lowest BCUT2D eigenvalue weighted by Gasteiger charge is -2.16. The van der Waals surface area contributed by atoms with E-state index in [1.165, 1.54) is 18.9 Å². The summed E-state index contributed by atoms with van der Waals surface area (Å²) in [5.41, 5.74) is 6.18. The molecule has 1 aliphatic carbocycles. The molecule has 1 atom stereocenters. The van der Waals surface area contributed by atoms with Crippen LogP contribution in [-0.4, -0.2) is 12.0 Å². The quantitative estimate of drug-likeness (QED) is 0.511. The molecule has 1 fully saturated rings. The van der Waals surface area contributed by atoms with E-state index in [1.54, 1.807) is 12.1 Å². The van der Waals surface area contributed by atoms with Gasteiger partial charge in [0.25, 0.3) is 0 Å². The Morgan fingerprint density at radius 3 is 2.80 bits per heavy atom. The van der Waals surface area contributed by atoms with E-state index in [1.807, 2.05) is 0 Å². The lowest BCUT2D eigenvalue weighted by Crippen LogP contribution is -2.35. The smallest absolute Gasteiger partial charge is 0.190 e. The molecule has 0 heterocycles. The van der Waals surface area contributed by atoms with Crippen LogP contribution in [0.1, 0.15) is 37.3 Å². The molecule has 3 N–H and O–H groups in total. The lowest BCUT2D eigenvalue weighted by molar-refractivity contribution is 0.595. The molecule has 0 aromatic heterocycles. The van der Waals surface area contributed by atoms with Gasteiger partial charge in [0.15, 0.2) is 5.96 Å². The zero-order valence-corrected chi connectivity index (χ0v) is 11.8. The van der Waals surface area contributed by atoms with Gasteiger partial charge in [0.1, 0.15) is 11.9 Å². The van der Waals surface area contributed by atoms with E-state index in [-0.39, 0.29) is 12.0 Å². The summed E-state index contributed by atoms with van der Waals surface area (Å²) in [6.07, 6.45) is 9.87. The summed E-state index contributed by atoms with van der Waals surface area (Å²) in [6, 6.07) is 3.97. The number of nitrogens with two attached hydrogens (primary N) is 1. The molecule has 1 unspecified atom stereocenters. The standard InChI is InChI=1S/C15H17ClFN3/c1-2-14(12-8-7-10(16)9-13(12)17)20-15(18)19-11-5-3-4-6-11/h1,7-9,11,14H,3-6H2,(H3,18,19,20). The molecule has 0 bridgehead atoms. The van der Waals surface area contributed by atoms with Crippen LogP contribution in [0.5, 0.6) is 0 Å². The Labute approximate surface area is 123 Å². The molecule has 1 aromatic carbocycles. The second kappa shape index (κ2) is 6.62. The number of terminal acetylenes is 1. The van der Waals surface area contributed by atoms with Gasteiger partial charge in [-0.2, -0.15) is 0 Å². The Balaban J connectivity index is 2.10. The Bertz CT molecular complexity index is 545. The number of guanidine groups is 1. The summed E-state index contributed by atoms with van der Waals surface area (Å²) in [7, 11) is 0. The van der Waals surface area contributed by atoms with Crippen molar-refractivity contribution >= 4 is 17.6 Å². The zero-order chi connectivity index (χ0) is 14.5. The molecule has 0 radical (unpaired) electrons. The molecular weight excluding hydrogens is 277 g/mol. The van der Waals surface area contributed by atoms with Gasteiger partial charge in [0.2, 0.25) is 0 Å². The van der Waals surface area contributed by atoms with E-state index in [0.29, 0.717) is 10.6 Å². The van der Waals surface area contributed by atoms with Gasteiger partial charge in [-0.3, -0.25) is 4.99 Å². The van der Waals surface area contributed by atoms with Crippen LogP contribution < -0.4 is 11.1 Å². The summed E-state index contributed by atoms with van der Waals surface area (Å²) >= 11 is 5.72. The van der Waals surface area contributed by atoms with Crippen molar-refractivity contribution in [3.05, 3.63) is 34.6 Å². The maximum Gasteiger partial charge on any atom is 0.190 e. The predicted octanol–water partition coefficient (Wildman–Crippen LogP) is 3.00. The molecule has 0 spiro atoms. The fraction of sp³-hybridized carbons (Fsp3) is 0.400. The first kappa shape index (κ1) is 14.7. The van der Waals surface area contributed by atoms with Crippen LogP contribution in [0.4, 0.5) is 4.39 Å². The van der Waals surface area contributed by atoms with Gasteiger partial charge in [-0.1, -0.05) is 36.4 Å². The van der Waals surface area contributed by atoms with Gasteiger partial charge >= 0.3 is 0 Å². The molecule has 0 saturated heterocycles. The Kier molecular flexibility index (Phi) is 4.86. The lowest BCUT2D eigenvalue weighted by atomic mass is 10.1. The fourth-order valence-corrected chi connectivity index (χ4v) is 2.52. The summed E-state index contributed by atoms with van der Waals surface area (Å²) in [5, 5.41) is 3.21. The summed E-state index contributed by atoms with van der Waals surface area (Å²) in [6.45, 7) is 0. The average Bonchev–Trinajstić information content (AvgIpc) is 2.89. The van der Waals surface area contributed by atoms with Crippen molar-refractivity contribution in [3.63, 3.8) is 0 Å². The second-order valence-electron chi connectivity index (χ2n) is 4.86. The molecule has 1 aliphatic rings. The average molecular weight is 294 g/mol. The van der Waals surface area contributed by atoms with Gasteiger partial charge in [0.05, 0.1) is 6.04 Å². The molecule has 0 aliphatic heterocycles. The van der Waals surface area contributed by atoms with Crippen molar-refractivity contribution < 1.29 is 4.39 Å². The van der Waals surface area contributed by atoms with E-state index in [0.717, 1.165) is 12.8 Å². The predicted molar refractivity (Wildman–Crippen MR) is 80.0 cm³/mol. The third-order valence-electron chi connectivity index (χ3n) is 3.38.